The van der Waals surface area contributed by atoms with Crippen molar-refractivity contribution in [3.63, 3.8) is 0 Å². The maximum absolute atomic E-state index is 9.67. The predicted octanol–water partition coefficient (Wildman–Crippen LogP) is 2.14. The first-order valence-corrected chi connectivity index (χ1v) is 4.49. The van der Waals surface area contributed by atoms with E-state index in [1.54, 1.807) is 14.0 Å². The fourth-order valence-electron chi connectivity index (χ4n) is 1.14. The molecule has 1 rings (SSSR count). The van der Waals surface area contributed by atoms with E-state index in [0.717, 1.165) is 11.3 Å². The highest BCUT2D eigenvalue weighted by atomic mass is 16.5. The van der Waals surface area contributed by atoms with Crippen molar-refractivity contribution < 1.29 is 9.84 Å². The van der Waals surface area contributed by atoms with Crippen molar-refractivity contribution in [1.29, 1.82) is 0 Å². The number of ether oxygens (including phenoxy) is 1. The van der Waals surface area contributed by atoms with E-state index in [1.807, 2.05) is 24.3 Å². The average Bonchev–Trinajstić information content (AvgIpc) is 2.26. The van der Waals surface area contributed by atoms with Crippen LogP contribution >= 0.6 is 0 Å². The molecule has 0 radical (unpaired) electrons. The molecular weight excluding hydrogens is 176 g/mol. The van der Waals surface area contributed by atoms with Crippen LogP contribution in [-0.4, -0.2) is 12.2 Å². The fourth-order valence-corrected chi connectivity index (χ4v) is 1.14. The highest BCUT2D eigenvalue weighted by molar-refractivity contribution is 5.28. The maximum Gasteiger partial charge on any atom is 0.118 e. The third-order valence-electron chi connectivity index (χ3n) is 1.97. The maximum atomic E-state index is 9.67. The van der Waals surface area contributed by atoms with Gasteiger partial charge in [-0.2, -0.15) is 0 Å². The van der Waals surface area contributed by atoms with Crippen LogP contribution in [0.5, 0.6) is 5.75 Å². The van der Waals surface area contributed by atoms with E-state index in [2.05, 4.69) is 11.8 Å². The van der Waals surface area contributed by atoms with E-state index in [-0.39, 0.29) is 0 Å². The van der Waals surface area contributed by atoms with Crippen LogP contribution in [0.25, 0.3) is 0 Å². The van der Waals surface area contributed by atoms with Crippen LogP contribution in [-0.2, 0) is 0 Å². The van der Waals surface area contributed by atoms with Crippen LogP contribution < -0.4 is 4.74 Å². The first-order chi connectivity index (χ1) is 6.77. The van der Waals surface area contributed by atoms with Crippen molar-refractivity contribution in [2.24, 2.45) is 0 Å². The number of methoxy groups -OCH3 is 1. The lowest BCUT2D eigenvalue weighted by atomic mass is 10.1. The van der Waals surface area contributed by atoms with E-state index in [0.29, 0.717) is 6.42 Å². The Morgan fingerprint density at radius 1 is 1.36 bits per heavy atom. The Morgan fingerprint density at radius 2 is 2.00 bits per heavy atom. The fraction of sp³-hybridized carbons (Fsp3) is 0.333. The molecule has 2 heteroatoms. The van der Waals surface area contributed by atoms with Crippen LogP contribution in [0.3, 0.4) is 0 Å². The second-order valence-corrected chi connectivity index (χ2v) is 2.92. The first-order valence-electron chi connectivity index (χ1n) is 4.49. The summed E-state index contributed by atoms with van der Waals surface area (Å²) in [7, 11) is 1.62. The van der Waals surface area contributed by atoms with Gasteiger partial charge in [-0.25, -0.2) is 0 Å². The van der Waals surface area contributed by atoms with E-state index in [9.17, 15) is 5.11 Å². The predicted molar refractivity (Wildman–Crippen MR) is 56.0 cm³/mol. The number of benzene rings is 1. The summed E-state index contributed by atoms with van der Waals surface area (Å²) in [6, 6.07) is 7.36. The van der Waals surface area contributed by atoms with Gasteiger partial charge in [0, 0.05) is 6.42 Å². The van der Waals surface area contributed by atoms with Gasteiger partial charge in [0.25, 0.3) is 0 Å². The molecule has 1 atom stereocenters. The molecule has 0 heterocycles. The molecule has 2 nitrogen and oxygen atoms in total. The monoisotopic (exact) mass is 190 g/mol. The molecule has 0 aliphatic carbocycles. The summed E-state index contributed by atoms with van der Waals surface area (Å²) in [5.41, 5.74) is 0.869. The topological polar surface area (TPSA) is 29.5 Å². The quantitative estimate of drug-likeness (QED) is 0.740. The molecule has 0 saturated carbocycles. The lowest BCUT2D eigenvalue weighted by Gasteiger charge is -2.07. The summed E-state index contributed by atoms with van der Waals surface area (Å²) >= 11 is 0. The third-order valence-corrected chi connectivity index (χ3v) is 1.97. The highest BCUT2D eigenvalue weighted by Crippen LogP contribution is 2.19. The summed E-state index contributed by atoms with van der Waals surface area (Å²) in [5.74, 6) is 6.39. The minimum Gasteiger partial charge on any atom is -0.497 e. The molecule has 0 spiro atoms. The van der Waals surface area contributed by atoms with Gasteiger partial charge >= 0.3 is 0 Å². The number of aliphatic hydroxyl groups excluding tert-OH is 1. The Morgan fingerprint density at radius 3 is 2.50 bits per heavy atom. The largest absolute Gasteiger partial charge is 0.497 e. The highest BCUT2D eigenvalue weighted by Gasteiger charge is 2.04. The molecule has 0 amide bonds. The first kappa shape index (κ1) is 10.6. The van der Waals surface area contributed by atoms with Gasteiger partial charge in [0.1, 0.15) is 5.75 Å². The lowest BCUT2D eigenvalue weighted by Crippen LogP contribution is -1.95. The normalized spacial score (nSPS) is 11.4. The molecule has 1 aromatic rings. The molecule has 0 aliphatic heterocycles. The molecule has 0 saturated heterocycles. The summed E-state index contributed by atoms with van der Waals surface area (Å²) in [5, 5.41) is 9.67. The Balaban J connectivity index is 2.69. The number of hydrogen-bond acceptors (Lipinski definition) is 2. The van der Waals surface area contributed by atoms with Crippen molar-refractivity contribution in [2.45, 2.75) is 19.4 Å². The Hall–Kier alpha value is -1.46. The summed E-state index contributed by atoms with van der Waals surface area (Å²) in [6.07, 6.45) is -0.0311. The van der Waals surface area contributed by atoms with Gasteiger partial charge in [0.05, 0.1) is 13.2 Å². The zero-order valence-electron chi connectivity index (χ0n) is 8.45. The average molecular weight is 190 g/mol. The van der Waals surface area contributed by atoms with Crippen molar-refractivity contribution in [2.75, 3.05) is 7.11 Å². The molecule has 0 aliphatic rings. The van der Waals surface area contributed by atoms with Crippen molar-refractivity contribution in [1.82, 2.24) is 0 Å². The summed E-state index contributed by atoms with van der Waals surface area (Å²) < 4.78 is 5.02. The molecular formula is C12H14O2. The van der Waals surface area contributed by atoms with Crippen molar-refractivity contribution in [3.05, 3.63) is 29.8 Å². The second kappa shape index (κ2) is 5.31. The lowest BCUT2D eigenvalue weighted by molar-refractivity contribution is 0.184. The van der Waals surface area contributed by atoms with Gasteiger partial charge in [-0.05, 0) is 24.6 Å². The molecule has 1 N–H and O–H groups in total. The zero-order valence-corrected chi connectivity index (χ0v) is 8.45. The van der Waals surface area contributed by atoms with Gasteiger partial charge in [0.2, 0.25) is 0 Å². The Kier molecular flexibility index (Phi) is 4.03. The number of aliphatic hydroxyl groups is 1. The molecule has 1 aromatic carbocycles. The third kappa shape index (κ3) is 2.79. The Labute approximate surface area is 84.5 Å². The number of hydrogen-bond donors (Lipinski definition) is 1. The smallest absolute Gasteiger partial charge is 0.118 e. The van der Waals surface area contributed by atoms with Gasteiger partial charge in [-0.1, -0.05) is 12.1 Å². The van der Waals surface area contributed by atoms with Gasteiger partial charge < -0.3 is 9.84 Å². The van der Waals surface area contributed by atoms with Crippen molar-refractivity contribution in [3.8, 4) is 17.6 Å². The summed E-state index contributed by atoms with van der Waals surface area (Å²) in [4.78, 5) is 0. The SMILES string of the molecule is CC#CCC(O)c1ccc(OC)cc1. The molecule has 14 heavy (non-hydrogen) atoms. The molecule has 0 fully saturated rings. The van der Waals surface area contributed by atoms with E-state index >= 15 is 0 Å². The zero-order chi connectivity index (χ0) is 10.4. The van der Waals surface area contributed by atoms with Crippen LogP contribution in [0, 0.1) is 11.8 Å². The van der Waals surface area contributed by atoms with Gasteiger partial charge in [0.15, 0.2) is 0 Å². The van der Waals surface area contributed by atoms with E-state index in [4.69, 9.17) is 4.74 Å². The van der Waals surface area contributed by atoms with Crippen LogP contribution in [0.4, 0.5) is 0 Å². The van der Waals surface area contributed by atoms with Crippen LogP contribution in [0.15, 0.2) is 24.3 Å². The second-order valence-electron chi connectivity index (χ2n) is 2.92. The van der Waals surface area contributed by atoms with Crippen molar-refractivity contribution >= 4 is 0 Å². The van der Waals surface area contributed by atoms with E-state index in [1.165, 1.54) is 0 Å². The summed E-state index contributed by atoms with van der Waals surface area (Å²) in [6.45, 7) is 1.76. The Bertz CT molecular complexity index is 330. The minimum atomic E-state index is -0.506. The van der Waals surface area contributed by atoms with Crippen LogP contribution in [0.2, 0.25) is 0 Å². The van der Waals surface area contributed by atoms with Gasteiger partial charge in [-0.15, -0.1) is 11.8 Å². The molecule has 74 valence electrons. The standard InChI is InChI=1S/C12H14O2/c1-3-4-5-12(13)10-6-8-11(14-2)9-7-10/h6-9,12-13H,5H2,1-2H3. The molecule has 0 aromatic heterocycles. The molecule has 1 unspecified atom stereocenters. The van der Waals surface area contributed by atoms with Gasteiger partial charge in [-0.3, -0.25) is 0 Å². The van der Waals surface area contributed by atoms with Crippen LogP contribution in [0.1, 0.15) is 25.0 Å². The minimum absolute atomic E-state index is 0.475. The van der Waals surface area contributed by atoms with E-state index < -0.39 is 6.10 Å². The number of rotatable bonds is 3. The molecule has 0 bridgehead atoms.